The summed E-state index contributed by atoms with van der Waals surface area (Å²) < 4.78 is 0. The first-order valence-corrected chi connectivity index (χ1v) is 9.29. The van der Waals surface area contributed by atoms with E-state index in [1.165, 1.54) is 6.20 Å². The van der Waals surface area contributed by atoms with Crippen LogP contribution in [0.25, 0.3) is 11.3 Å². The third-order valence-electron chi connectivity index (χ3n) is 5.03. The molecule has 146 valence electrons. The first-order valence-electron chi connectivity index (χ1n) is 9.29. The molecular formula is C21H25N5O2. The van der Waals surface area contributed by atoms with Crippen LogP contribution in [0.3, 0.4) is 0 Å². The highest BCUT2D eigenvalue weighted by Gasteiger charge is 2.31. The van der Waals surface area contributed by atoms with Crippen molar-refractivity contribution >= 4 is 11.8 Å². The summed E-state index contributed by atoms with van der Waals surface area (Å²) in [5.74, 6) is -0.653. The van der Waals surface area contributed by atoms with Crippen LogP contribution in [-0.4, -0.2) is 63.3 Å². The van der Waals surface area contributed by atoms with Gasteiger partial charge in [-0.25, -0.2) is 4.98 Å². The van der Waals surface area contributed by atoms with Gasteiger partial charge >= 0.3 is 0 Å². The fourth-order valence-corrected chi connectivity index (χ4v) is 3.50. The van der Waals surface area contributed by atoms with E-state index in [4.69, 9.17) is 5.73 Å². The van der Waals surface area contributed by atoms with Crippen LogP contribution >= 0.6 is 0 Å². The molecule has 2 heterocycles. The first-order chi connectivity index (χ1) is 13.4. The number of carbonyl (C=O) groups excluding carboxylic acids is 2. The molecule has 1 aliphatic heterocycles. The van der Waals surface area contributed by atoms with Crippen molar-refractivity contribution in [2.24, 2.45) is 5.73 Å². The molecule has 7 heteroatoms. The zero-order chi connectivity index (χ0) is 20.3. The molecule has 0 saturated carbocycles. The van der Waals surface area contributed by atoms with Gasteiger partial charge in [0, 0.05) is 42.8 Å². The average Bonchev–Trinajstić information content (AvgIpc) is 2.70. The van der Waals surface area contributed by atoms with Crippen LogP contribution < -0.4 is 5.73 Å². The Balaban J connectivity index is 1.84. The van der Waals surface area contributed by atoms with Crippen molar-refractivity contribution in [3.8, 4) is 11.3 Å². The molecule has 0 spiro atoms. The summed E-state index contributed by atoms with van der Waals surface area (Å²) in [5, 5.41) is 0. The minimum atomic E-state index is -0.637. The van der Waals surface area contributed by atoms with Crippen molar-refractivity contribution in [3.05, 3.63) is 60.6 Å². The smallest absolute Gasteiger partial charge is 0.268 e. The van der Waals surface area contributed by atoms with E-state index in [2.05, 4.69) is 35.3 Å². The largest absolute Gasteiger partial charge is 0.364 e. The van der Waals surface area contributed by atoms with Crippen molar-refractivity contribution in [2.45, 2.75) is 25.9 Å². The fourth-order valence-electron chi connectivity index (χ4n) is 3.50. The highest BCUT2D eigenvalue weighted by Crippen LogP contribution is 2.22. The minimum absolute atomic E-state index is 0.0153. The molecule has 0 unspecified atom stereocenters. The van der Waals surface area contributed by atoms with E-state index in [1.807, 2.05) is 23.1 Å². The molecule has 3 rings (SSSR count). The standard InChI is InChI=1S/C21H25N5O2/c1-4-8-25-12-15(3)26(13-14(25)2)21(28)17-7-5-6-16(9-17)18-10-23-11-19(24-18)20(22)27/h4-7,9-11,14-15H,1,8,12-13H2,2-3H3,(H2,22,27)/t14-,15-/m1/s1. The Morgan fingerprint density at radius 3 is 2.75 bits per heavy atom. The van der Waals surface area contributed by atoms with Gasteiger partial charge in [0.25, 0.3) is 11.8 Å². The molecule has 0 bridgehead atoms. The second-order valence-electron chi connectivity index (χ2n) is 7.13. The Morgan fingerprint density at radius 1 is 1.25 bits per heavy atom. The van der Waals surface area contributed by atoms with Crippen LogP contribution in [0.4, 0.5) is 0 Å². The van der Waals surface area contributed by atoms with Gasteiger partial charge in [-0.05, 0) is 26.0 Å². The van der Waals surface area contributed by atoms with Gasteiger partial charge in [0.15, 0.2) is 0 Å². The van der Waals surface area contributed by atoms with Gasteiger partial charge in [-0.15, -0.1) is 6.58 Å². The predicted octanol–water partition coefficient (Wildman–Crippen LogP) is 1.96. The van der Waals surface area contributed by atoms with Crippen molar-refractivity contribution in [1.29, 1.82) is 0 Å². The number of rotatable bonds is 5. The fraction of sp³-hybridized carbons (Fsp3) is 0.333. The molecule has 2 N–H and O–H groups in total. The van der Waals surface area contributed by atoms with Crippen molar-refractivity contribution in [1.82, 2.24) is 19.8 Å². The van der Waals surface area contributed by atoms with Gasteiger partial charge in [-0.3, -0.25) is 19.5 Å². The summed E-state index contributed by atoms with van der Waals surface area (Å²) in [4.78, 5) is 37.0. The summed E-state index contributed by atoms with van der Waals surface area (Å²) in [6.45, 7) is 10.3. The lowest BCUT2D eigenvalue weighted by molar-refractivity contribution is 0.0355. The highest BCUT2D eigenvalue weighted by molar-refractivity contribution is 5.96. The number of piperazine rings is 1. The number of nitrogens with two attached hydrogens (primary N) is 1. The number of hydrogen-bond acceptors (Lipinski definition) is 5. The number of aromatic nitrogens is 2. The molecule has 1 saturated heterocycles. The first kappa shape index (κ1) is 19.7. The lowest BCUT2D eigenvalue weighted by Crippen LogP contribution is -2.57. The van der Waals surface area contributed by atoms with Crippen LogP contribution in [0.1, 0.15) is 34.7 Å². The predicted molar refractivity (Wildman–Crippen MR) is 108 cm³/mol. The van der Waals surface area contributed by atoms with Crippen LogP contribution in [0.2, 0.25) is 0 Å². The minimum Gasteiger partial charge on any atom is -0.364 e. The Labute approximate surface area is 164 Å². The SMILES string of the molecule is C=CCN1C[C@@H](C)N(C(=O)c2cccc(-c3cncc(C(N)=O)n3)c2)C[C@H]1C. The van der Waals surface area contributed by atoms with E-state index < -0.39 is 5.91 Å². The maximum atomic E-state index is 13.2. The van der Waals surface area contributed by atoms with Crippen molar-refractivity contribution in [2.75, 3.05) is 19.6 Å². The number of primary amides is 1. The van der Waals surface area contributed by atoms with Crippen LogP contribution in [0.15, 0.2) is 49.3 Å². The van der Waals surface area contributed by atoms with E-state index >= 15 is 0 Å². The number of amides is 2. The van der Waals surface area contributed by atoms with E-state index in [1.54, 1.807) is 18.3 Å². The molecular weight excluding hydrogens is 354 g/mol. The van der Waals surface area contributed by atoms with Crippen LogP contribution in [0.5, 0.6) is 0 Å². The number of benzene rings is 1. The zero-order valence-electron chi connectivity index (χ0n) is 16.2. The van der Waals surface area contributed by atoms with Gasteiger partial charge in [0.1, 0.15) is 5.69 Å². The third kappa shape index (κ3) is 4.09. The molecule has 28 heavy (non-hydrogen) atoms. The summed E-state index contributed by atoms with van der Waals surface area (Å²) in [5.41, 5.74) is 7.18. The third-order valence-corrected chi connectivity index (χ3v) is 5.03. The molecule has 7 nitrogen and oxygen atoms in total. The maximum Gasteiger partial charge on any atom is 0.268 e. The Kier molecular flexibility index (Phi) is 5.84. The van der Waals surface area contributed by atoms with Crippen molar-refractivity contribution < 1.29 is 9.59 Å². The van der Waals surface area contributed by atoms with E-state index in [-0.39, 0.29) is 23.7 Å². The van der Waals surface area contributed by atoms with Crippen LogP contribution in [-0.2, 0) is 0 Å². The summed E-state index contributed by atoms with van der Waals surface area (Å²) >= 11 is 0. The summed E-state index contributed by atoms with van der Waals surface area (Å²) in [7, 11) is 0. The number of hydrogen-bond donors (Lipinski definition) is 1. The topological polar surface area (TPSA) is 92.4 Å². The lowest BCUT2D eigenvalue weighted by Gasteiger charge is -2.43. The van der Waals surface area contributed by atoms with Gasteiger partial charge in [0.05, 0.1) is 18.1 Å². The molecule has 1 aliphatic rings. The average molecular weight is 379 g/mol. The zero-order valence-corrected chi connectivity index (χ0v) is 16.2. The van der Waals surface area contributed by atoms with E-state index in [0.717, 1.165) is 13.1 Å². The Hall–Kier alpha value is -3.06. The van der Waals surface area contributed by atoms with E-state index in [9.17, 15) is 9.59 Å². The molecule has 1 aromatic carbocycles. The van der Waals surface area contributed by atoms with Crippen LogP contribution in [0, 0.1) is 0 Å². The second-order valence-corrected chi connectivity index (χ2v) is 7.13. The molecule has 0 aliphatic carbocycles. The number of nitrogens with zero attached hydrogens (tertiary/aromatic N) is 4. The quantitative estimate of drug-likeness (QED) is 0.802. The number of carbonyl (C=O) groups is 2. The molecule has 2 amide bonds. The molecule has 0 radical (unpaired) electrons. The van der Waals surface area contributed by atoms with Gasteiger partial charge in [0.2, 0.25) is 0 Å². The maximum absolute atomic E-state index is 13.2. The molecule has 2 atom stereocenters. The molecule has 1 fully saturated rings. The van der Waals surface area contributed by atoms with E-state index in [0.29, 0.717) is 23.4 Å². The van der Waals surface area contributed by atoms with Crippen molar-refractivity contribution in [3.63, 3.8) is 0 Å². The molecule has 1 aromatic heterocycles. The Bertz CT molecular complexity index is 898. The second kappa shape index (κ2) is 8.31. The summed E-state index contributed by atoms with van der Waals surface area (Å²) in [6.07, 6.45) is 4.77. The van der Waals surface area contributed by atoms with Gasteiger partial charge in [-0.2, -0.15) is 0 Å². The monoisotopic (exact) mass is 379 g/mol. The summed E-state index contributed by atoms with van der Waals surface area (Å²) in [6, 6.07) is 7.59. The highest BCUT2D eigenvalue weighted by atomic mass is 16.2. The van der Waals surface area contributed by atoms with Gasteiger partial charge in [-0.1, -0.05) is 18.2 Å². The normalized spacial score (nSPS) is 20.0. The van der Waals surface area contributed by atoms with Gasteiger partial charge < -0.3 is 10.6 Å². The molecule has 2 aromatic rings. The Morgan fingerprint density at radius 2 is 2.04 bits per heavy atom. The lowest BCUT2D eigenvalue weighted by atomic mass is 10.0.